The molecule has 1 saturated heterocycles. The van der Waals surface area contributed by atoms with E-state index in [-0.39, 0.29) is 0 Å². The minimum atomic E-state index is 0.591. The first kappa shape index (κ1) is 14.5. The third-order valence-corrected chi connectivity index (χ3v) is 3.85. The molecule has 2 unspecified atom stereocenters. The Hall–Kier alpha value is -0.940. The summed E-state index contributed by atoms with van der Waals surface area (Å²) in [6.07, 6.45) is 5.54. The summed E-state index contributed by atoms with van der Waals surface area (Å²) in [6.45, 7) is 10.7. The number of rotatable bonds is 5. The molecule has 2 atom stereocenters. The van der Waals surface area contributed by atoms with Crippen molar-refractivity contribution in [3.8, 4) is 0 Å². The molecule has 2 rings (SSSR count). The van der Waals surface area contributed by atoms with Crippen LogP contribution in [-0.2, 0) is 13.1 Å². The van der Waals surface area contributed by atoms with Gasteiger partial charge in [0.1, 0.15) is 12.2 Å². The molecule has 5 nitrogen and oxygen atoms in total. The molecule has 0 radical (unpaired) electrons. The second kappa shape index (κ2) is 6.48. The van der Waals surface area contributed by atoms with Crippen LogP contribution in [-0.4, -0.2) is 31.9 Å². The summed E-state index contributed by atoms with van der Waals surface area (Å²) in [5.74, 6) is 1.62. The first-order valence-corrected chi connectivity index (χ1v) is 7.46. The number of hydrogen-bond donors (Lipinski definition) is 1. The van der Waals surface area contributed by atoms with Crippen molar-refractivity contribution in [1.82, 2.24) is 25.2 Å². The van der Waals surface area contributed by atoms with Gasteiger partial charge in [-0.15, -0.1) is 0 Å². The van der Waals surface area contributed by atoms with E-state index in [4.69, 9.17) is 0 Å². The number of piperidine rings is 1. The molecule has 1 aliphatic heterocycles. The van der Waals surface area contributed by atoms with E-state index >= 15 is 0 Å². The van der Waals surface area contributed by atoms with Crippen molar-refractivity contribution < 1.29 is 0 Å². The van der Waals surface area contributed by atoms with Crippen molar-refractivity contribution in [3.63, 3.8) is 0 Å². The molecule has 0 spiro atoms. The predicted octanol–water partition coefficient (Wildman–Crippen LogP) is 2.20. The van der Waals surface area contributed by atoms with E-state index in [0.29, 0.717) is 18.0 Å². The van der Waals surface area contributed by atoms with E-state index in [1.165, 1.54) is 19.3 Å². The molecular formula is C14H27N5. The Morgan fingerprint density at radius 2 is 2.00 bits per heavy atom. The predicted molar refractivity (Wildman–Crippen MR) is 76.3 cm³/mol. The van der Waals surface area contributed by atoms with Crippen molar-refractivity contribution >= 4 is 0 Å². The topological polar surface area (TPSA) is 46.0 Å². The Bertz CT molecular complexity index is 377. The molecule has 2 heterocycles. The highest BCUT2D eigenvalue weighted by Gasteiger charge is 2.24. The lowest BCUT2D eigenvalue weighted by Gasteiger charge is -2.39. The average Bonchev–Trinajstić information content (AvgIpc) is 2.75. The average molecular weight is 265 g/mol. The summed E-state index contributed by atoms with van der Waals surface area (Å²) >= 11 is 0. The van der Waals surface area contributed by atoms with Crippen LogP contribution in [0.1, 0.15) is 52.8 Å². The van der Waals surface area contributed by atoms with Crippen LogP contribution >= 0.6 is 0 Å². The zero-order valence-electron chi connectivity index (χ0n) is 12.6. The molecule has 19 heavy (non-hydrogen) atoms. The lowest BCUT2D eigenvalue weighted by atomic mass is 10.00. The smallest absolute Gasteiger partial charge is 0.142 e. The van der Waals surface area contributed by atoms with Crippen LogP contribution in [0, 0.1) is 5.92 Å². The van der Waals surface area contributed by atoms with Gasteiger partial charge in [-0.05, 0) is 32.6 Å². The highest BCUT2D eigenvalue weighted by molar-refractivity contribution is 4.85. The fourth-order valence-electron chi connectivity index (χ4n) is 2.82. The zero-order chi connectivity index (χ0) is 13.8. The molecular weight excluding hydrogens is 238 g/mol. The monoisotopic (exact) mass is 265 g/mol. The summed E-state index contributed by atoms with van der Waals surface area (Å²) in [4.78, 5) is 4.37. The molecule has 1 N–H and O–H groups in total. The maximum Gasteiger partial charge on any atom is 0.142 e. The first-order valence-electron chi connectivity index (χ1n) is 7.46. The van der Waals surface area contributed by atoms with Gasteiger partial charge in [0, 0.05) is 18.6 Å². The lowest BCUT2D eigenvalue weighted by Crippen LogP contribution is -2.51. The molecule has 1 fully saturated rings. The van der Waals surface area contributed by atoms with E-state index in [9.17, 15) is 0 Å². The quantitative estimate of drug-likeness (QED) is 0.886. The van der Waals surface area contributed by atoms with Gasteiger partial charge in [-0.1, -0.05) is 20.3 Å². The Balaban J connectivity index is 1.92. The molecule has 108 valence electrons. The number of hydrogen-bond acceptors (Lipinski definition) is 4. The third kappa shape index (κ3) is 3.76. The van der Waals surface area contributed by atoms with Gasteiger partial charge in [0.2, 0.25) is 0 Å². The van der Waals surface area contributed by atoms with E-state index in [2.05, 4.69) is 48.2 Å². The van der Waals surface area contributed by atoms with Gasteiger partial charge in [-0.2, -0.15) is 5.10 Å². The summed E-state index contributed by atoms with van der Waals surface area (Å²) in [7, 11) is 0. The summed E-state index contributed by atoms with van der Waals surface area (Å²) in [6, 6.07) is 1.20. The van der Waals surface area contributed by atoms with Crippen LogP contribution < -0.4 is 5.43 Å². The summed E-state index contributed by atoms with van der Waals surface area (Å²) in [5.41, 5.74) is 3.55. The van der Waals surface area contributed by atoms with Crippen LogP contribution in [0.4, 0.5) is 0 Å². The minimum absolute atomic E-state index is 0.591. The molecule has 0 aliphatic carbocycles. The van der Waals surface area contributed by atoms with Gasteiger partial charge >= 0.3 is 0 Å². The maximum atomic E-state index is 4.37. The number of nitrogens with zero attached hydrogens (tertiary/aromatic N) is 4. The first-order chi connectivity index (χ1) is 9.08. The van der Waals surface area contributed by atoms with Crippen molar-refractivity contribution in [2.75, 3.05) is 0 Å². The van der Waals surface area contributed by atoms with Gasteiger partial charge in [-0.3, -0.25) is 0 Å². The van der Waals surface area contributed by atoms with Crippen LogP contribution in [0.3, 0.4) is 0 Å². The minimum Gasteiger partial charge on any atom is -0.248 e. The van der Waals surface area contributed by atoms with Gasteiger partial charge in [0.05, 0.1) is 6.54 Å². The Morgan fingerprint density at radius 1 is 1.32 bits per heavy atom. The second-order valence-electron chi connectivity index (χ2n) is 6.12. The SMILES string of the molecule is CC(C)Cn1ncnc1CNN1C(C)CCCC1C. The van der Waals surface area contributed by atoms with E-state index in [1.54, 1.807) is 6.33 Å². The molecule has 0 amide bonds. The van der Waals surface area contributed by atoms with Gasteiger partial charge in [0.25, 0.3) is 0 Å². The van der Waals surface area contributed by atoms with Gasteiger partial charge in [-0.25, -0.2) is 20.1 Å². The fraction of sp³-hybridized carbons (Fsp3) is 0.857. The number of aromatic nitrogens is 3. The third-order valence-electron chi connectivity index (χ3n) is 3.85. The largest absolute Gasteiger partial charge is 0.248 e. The van der Waals surface area contributed by atoms with Crippen molar-refractivity contribution in [2.45, 2.75) is 72.1 Å². The van der Waals surface area contributed by atoms with Crippen LogP contribution in [0.15, 0.2) is 6.33 Å². The highest BCUT2D eigenvalue weighted by Crippen LogP contribution is 2.20. The second-order valence-corrected chi connectivity index (χ2v) is 6.12. The van der Waals surface area contributed by atoms with Gasteiger partial charge < -0.3 is 0 Å². The Kier molecular flexibility index (Phi) is 4.93. The number of nitrogens with one attached hydrogen (secondary N) is 1. The molecule has 1 aliphatic rings. The molecule has 1 aromatic heterocycles. The summed E-state index contributed by atoms with van der Waals surface area (Å²) < 4.78 is 2.01. The normalized spacial score (nSPS) is 25.1. The number of hydrazine groups is 1. The fourth-order valence-corrected chi connectivity index (χ4v) is 2.82. The highest BCUT2D eigenvalue weighted by atomic mass is 15.5. The molecule has 0 bridgehead atoms. The molecule has 0 aromatic carbocycles. The van der Waals surface area contributed by atoms with E-state index in [1.807, 2.05) is 4.68 Å². The van der Waals surface area contributed by atoms with E-state index in [0.717, 1.165) is 18.9 Å². The summed E-state index contributed by atoms with van der Waals surface area (Å²) in [5, 5.41) is 6.69. The van der Waals surface area contributed by atoms with Crippen molar-refractivity contribution in [1.29, 1.82) is 0 Å². The van der Waals surface area contributed by atoms with Crippen molar-refractivity contribution in [3.05, 3.63) is 12.2 Å². The van der Waals surface area contributed by atoms with E-state index < -0.39 is 0 Å². The Labute approximate surface area is 116 Å². The Morgan fingerprint density at radius 3 is 2.63 bits per heavy atom. The molecule has 1 aromatic rings. The molecule has 0 saturated carbocycles. The van der Waals surface area contributed by atoms with Crippen LogP contribution in [0.2, 0.25) is 0 Å². The van der Waals surface area contributed by atoms with Crippen LogP contribution in [0.5, 0.6) is 0 Å². The van der Waals surface area contributed by atoms with Crippen LogP contribution in [0.25, 0.3) is 0 Å². The zero-order valence-corrected chi connectivity index (χ0v) is 12.6. The van der Waals surface area contributed by atoms with Gasteiger partial charge in [0.15, 0.2) is 0 Å². The molecule has 5 heteroatoms. The maximum absolute atomic E-state index is 4.37. The standard InChI is InChI=1S/C14H27N5/c1-11(2)9-18-14(15-10-17-18)8-16-19-12(3)6-5-7-13(19)4/h10-13,16H,5-9H2,1-4H3. The lowest BCUT2D eigenvalue weighted by molar-refractivity contribution is 0.0420. The van der Waals surface area contributed by atoms with Crippen molar-refractivity contribution in [2.24, 2.45) is 5.92 Å².